The van der Waals surface area contributed by atoms with Crippen LogP contribution in [0.4, 0.5) is 0 Å². The molecule has 6 heteroatoms. The van der Waals surface area contributed by atoms with Gasteiger partial charge in [-0.1, -0.05) is 117 Å². The number of aryl methyl sites for hydroxylation is 1. The maximum atomic E-state index is 7.67. The molecule has 2 heterocycles. The molecular formula is C38H45NO3SSi. The van der Waals surface area contributed by atoms with E-state index in [-0.39, 0.29) is 17.4 Å². The Labute approximate surface area is 268 Å². The second kappa shape index (κ2) is 14.3. The van der Waals surface area contributed by atoms with Gasteiger partial charge in [0, 0.05) is 10.9 Å². The molecule has 230 valence electrons. The first kappa shape index (κ1) is 32.3. The van der Waals surface area contributed by atoms with Crippen LogP contribution in [-0.2, 0) is 20.3 Å². The molecule has 1 atom stereocenters. The van der Waals surface area contributed by atoms with Gasteiger partial charge in [0.05, 0.1) is 30.0 Å². The Morgan fingerprint density at radius 2 is 1.59 bits per heavy atom. The lowest BCUT2D eigenvalue weighted by Gasteiger charge is -2.45. The van der Waals surface area contributed by atoms with Crippen molar-refractivity contribution in [1.29, 1.82) is 0 Å². The van der Waals surface area contributed by atoms with Crippen molar-refractivity contribution in [2.75, 3.05) is 13.2 Å². The number of aromatic nitrogens is 1. The van der Waals surface area contributed by atoms with Gasteiger partial charge in [0.1, 0.15) is 0 Å². The Hall–Kier alpha value is -3.13. The summed E-state index contributed by atoms with van der Waals surface area (Å²) in [4.78, 5) is 4.75. The number of benzene rings is 3. The van der Waals surface area contributed by atoms with Crippen LogP contribution in [0.2, 0.25) is 5.04 Å². The van der Waals surface area contributed by atoms with Crippen molar-refractivity contribution in [2.24, 2.45) is 0 Å². The van der Waals surface area contributed by atoms with E-state index in [9.17, 15) is 0 Å². The van der Waals surface area contributed by atoms with Crippen molar-refractivity contribution in [2.45, 2.75) is 71.8 Å². The van der Waals surface area contributed by atoms with Gasteiger partial charge in [0.15, 0.2) is 6.29 Å². The highest BCUT2D eigenvalue weighted by atomic mass is 32.1. The first-order valence-corrected chi connectivity index (χ1v) is 18.3. The van der Waals surface area contributed by atoms with Gasteiger partial charge in [-0.25, -0.2) is 4.98 Å². The van der Waals surface area contributed by atoms with Crippen molar-refractivity contribution >= 4 is 36.1 Å². The van der Waals surface area contributed by atoms with Crippen LogP contribution in [0, 0.1) is 6.92 Å². The van der Waals surface area contributed by atoms with Crippen LogP contribution in [-0.4, -0.2) is 32.6 Å². The summed E-state index contributed by atoms with van der Waals surface area (Å²) >= 11 is 1.68. The van der Waals surface area contributed by atoms with Gasteiger partial charge >= 0.3 is 0 Å². The Balaban J connectivity index is 1.51. The quantitative estimate of drug-likeness (QED) is 0.124. The Morgan fingerprint density at radius 1 is 0.955 bits per heavy atom. The molecule has 4 nitrogen and oxygen atoms in total. The highest BCUT2D eigenvalue weighted by Gasteiger charge is 2.51. The minimum atomic E-state index is -2.77. The molecule has 0 saturated carbocycles. The molecule has 0 spiro atoms. The molecule has 1 aliphatic rings. The average Bonchev–Trinajstić information content (AvgIpc) is 3.70. The van der Waals surface area contributed by atoms with E-state index in [4.69, 9.17) is 18.9 Å². The molecular weight excluding hydrogens is 579 g/mol. The van der Waals surface area contributed by atoms with Crippen LogP contribution in [0.1, 0.15) is 69.2 Å². The molecule has 4 aromatic rings. The number of nitrogens with zero attached hydrogens (tertiary/aromatic N) is 1. The number of ether oxygens (including phenoxy) is 2. The van der Waals surface area contributed by atoms with E-state index in [2.05, 4.69) is 144 Å². The van der Waals surface area contributed by atoms with Crippen LogP contribution >= 0.6 is 11.3 Å². The second-order valence-corrected chi connectivity index (χ2v) is 18.0. The van der Waals surface area contributed by atoms with Gasteiger partial charge in [0.2, 0.25) is 0 Å². The zero-order valence-electron chi connectivity index (χ0n) is 26.9. The van der Waals surface area contributed by atoms with E-state index in [0.29, 0.717) is 13.2 Å². The first-order valence-electron chi connectivity index (χ1n) is 15.5. The van der Waals surface area contributed by atoms with E-state index in [0.717, 1.165) is 29.1 Å². The number of hydrogen-bond donors (Lipinski definition) is 0. The third kappa shape index (κ3) is 7.56. The molecule has 0 N–H and O–H groups in total. The summed E-state index contributed by atoms with van der Waals surface area (Å²) in [6, 6.07) is 30.4. The van der Waals surface area contributed by atoms with E-state index < -0.39 is 8.32 Å². The minimum absolute atomic E-state index is 0.116. The van der Waals surface area contributed by atoms with Gasteiger partial charge in [-0.15, -0.1) is 11.3 Å². The predicted molar refractivity (Wildman–Crippen MR) is 186 cm³/mol. The molecule has 1 fully saturated rings. The standard InChI is InChI=1S/C38H45NO3SSi/c1-28(24-31-14-13-15-32(26-31)37-40-22-23-41-37)20-21-36(29(2)25-33-27-43-30(3)39-33)42-44(38(4,5)6,34-16-9-7-10-17-34)35-18-11-8-12-19-35/h7-20,25-27,36-37H,21-24H2,1-6H3/t36-/m0/s1. The number of allylic oxidation sites excluding steroid dienone is 1. The van der Waals surface area contributed by atoms with E-state index in [1.807, 2.05) is 0 Å². The van der Waals surface area contributed by atoms with E-state index >= 15 is 0 Å². The summed E-state index contributed by atoms with van der Waals surface area (Å²) < 4.78 is 19.2. The van der Waals surface area contributed by atoms with Crippen molar-refractivity contribution in [3.8, 4) is 0 Å². The molecule has 0 aliphatic carbocycles. The molecule has 0 bridgehead atoms. The summed E-state index contributed by atoms with van der Waals surface area (Å²) in [6.45, 7) is 14.8. The fraction of sp³-hybridized carbons (Fsp3) is 0.342. The number of thiazole rings is 1. The molecule has 1 aliphatic heterocycles. The number of hydrogen-bond acceptors (Lipinski definition) is 5. The maximum absolute atomic E-state index is 7.67. The Bertz CT molecular complexity index is 1530. The molecule has 44 heavy (non-hydrogen) atoms. The van der Waals surface area contributed by atoms with Crippen molar-refractivity contribution in [3.05, 3.63) is 129 Å². The van der Waals surface area contributed by atoms with Crippen molar-refractivity contribution in [1.82, 2.24) is 4.98 Å². The van der Waals surface area contributed by atoms with Crippen LogP contribution in [0.25, 0.3) is 6.08 Å². The van der Waals surface area contributed by atoms with Gasteiger partial charge in [-0.3, -0.25) is 0 Å². The third-order valence-corrected chi connectivity index (χ3v) is 14.1. The first-order chi connectivity index (χ1) is 21.2. The summed E-state index contributed by atoms with van der Waals surface area (Å²) in [5.74, 6) is 0. The predicted octanol–water partition coefficient (Wildman–Crippen LogP) is 8.42. The second-order valence-electron chi connectivity index (χ2n) is 12.7. The SMILES string of the molecule is CC(=CC[C@H](O[Si](c1ccccc1)(c1ccccc1)C(C)(C)C)C(C)=Cc1csc(C)n1)Cc1cccc(C2OCCO2)c1. The Morgan fingerprint density at radius 3 is 2.16 bits per heavy atom. The van der Waals surface area contributed by atoms with Gasteiger partial charge in [-0.05, 0) is 66.2 Å². The topological polar surface area (TPSA) is 40.6 Å². The fourth-order valence-corrected chi connectivity index (χ4v) is 11.4. The Kier molecular flexibility index (Phi) is 10.5. The summed E-state index contributed by atoms with van der Waals surface area (Å²) in [6.07, 6.45) is 5.83. The molecule has 5 rings (SSSR count). The van der Waals surface area contributed by atoms with Gasteiger partial charge in [0.25, 0.3) is 8.32 Å². The average molecular weight is 624 g/mol. The zero-order chi connectivity index (χ0) is 31.2. The lowest BCUT2D eigenvalue weighted by molar-refractivity contribution is -0.0441. The normalized spacial score (nSPS) is 16.0. The lowest BCUT2D eigenvalue weighted by Crippen LogP contribution is -2.67. The third-order valence-electron chi connectivity index (χ3n) is 8.26. The fourth-order valence-electron chi connectivity index (χ4n) is 6.11. The van der Waals surface area contributed by atoms with Gasteiger partial charge in [-0.2, -0.15) is 0 Å². The summed E-state index contributed by atoms with van der Waals surface area (Å²) in [5.41, 5.74) is 5.83. The molecule has 3 aromatic carbocycles. The molecule has 1 saturated heterocycles. The molecule has 0 radical (unpaired) electrons. The molecule has 0 amide bonds. The van der Waals surface area contributed by atoms with E-state index in [1.54, 1.807) is 11.3 Å². The summed E-state index contributed by atoms with van der Waals surface area (Å²) in [5, 5.41) is 5.66. The lowest BCUT2D eigenvalue weighted by atomic mass is 10.0. The van der Waals surface area contributed by atoms with Crippen LogP contribution in [0.15, 0.2) is 108 Å². The maximum Gasteiger partial charge on any atom is 0.261 e. The molecule has 0 unspecified atom stereocenters. The van der Waals surface area contributed by atoms with Gasteiger partial charge < -0.3 is 13.9 Å². The largest absolute Gasteiger partial charge is 0.400 e. The monoisotopic (exact) mass is 623 g/mol. The van der Waals surface area contributed by atoms with Crippen molar-refractivity contribution in [3.63, 3.8) is 0 Å². The summed E-state index contributed by atoms with van der Waals surface area (Å²) in [7, 11) is -2.77. The van der Waals surface area contributed by atoms with E-state index in [1.165, 1.54) is 27.1 Å². The smallest absolute Gasteiger partial charge is 0.261 e. The highest BCUT2D eigenvalue weighted by Crippen LogP contribution is 2.39. The minimum Gasteiger partial charge on any atom is -0.400 e. The van der Waals surface area contributed by atoms with Crippen LogP contribution in [0.5, 0.6) is 0 Å². The molecule has 1 aromatic heterocycles. The zero-order valence-corrected chi connectivity index (χ0v) is 28.7. The number of rotatable bonds is 11. The highest BCUT2D eigenvalue weighted by molar-refractivity contribution is 7.09. The van der Waals surface area contributed by atoms with Crippen LogP contribution < -0.4 is 10.4 Å². The van der Waals surface area contributed by atoms with Crippen molar-refractivity contribution < 1.29 is 13.9 Å². The van der Waals surface area contributed by atoms with Crippen LogP contribution in [0.3, 0.4) is 0 Å².